The Morgan fingerprint density at radius 3 is 2.17 bits per heavy atom. The molecule has 12 heteroatoms. The number of anilines is 1. The summed E-state index contributed by atoms with van der Waals surface area (Å²) in [6, 6.07) is 2.06. The van der Waals surface area contributed by atoms with Crippen LogP contribution in [0.5, 0.6) is 5.75 Å². The number of nitrogens with zero attached hydrogens (tertiary/aromatic N) is 2. The van der Waals surface area contributed by atoms with Crippen LogP contribution in [0.2, 0.25) is 0 Å². The van der Waals surface area contributed by atoms with Gasteiger partial charge in [0.05, 0.1) is 11.6 Å². The zero-order chi connectivity index (χ0) is 26.6. The Morgan fingerprint density at radius 2 is 1.67 bits per heavy atom. The number of allylic oxidation sites excluding steroid dienone is 1. The summed E-state index contributed by atoms with van der Waals surface area (Å²) in [5, 5.41) is 50.9. The van der Waals surface area contributed by atoms with Crippen molar-refractivity contribution in [2.24, 2.45) is 17.6 Å². The van der Waals surface area contributed by atoms with Crippen LogP contribution in [-0.2, 0) is 16.0 Å². The maximum absolute atomic E-state index is 13.5. The maximum atomic E-state index is 13.5. The van der Waals surface area contributed by atoms with E-state index in [-0.39, 0.29) is 42.1 Å². The lowest BCUT2D eigenvalue weighted by atomic mass is 9.58. The summed E-state index contributed by atoms with van der Waals surface area (Å²) in [6.07, 6.45) is 0.324. The van der Waals surface area contributed by atoms with E-state index in [4.69, 9.17) is 10.8 Å². The SMILES string of the molecule is CN(C)c1ccc(O)c2c1C[C@H]1C[C@H]3[C@H](N(C)C)C(O)=C(C(N)=O)C(=O)[C@@]3(O)C(O)=C1C2=O.CO.Cl. The average molecular weight is 526 g/mol. The minimum Gasteiger partial charge on any atom is -0.510 e. The van der Waals surface area contributed by atoms with Gasteiger partial charge in [-0.2, -0.15) is 0 Å². The number of aliphatic hydroxyl groups is 4. The number of amides is 1. The first kappa shape index (κ1) is 29.1. The van der Waals surface area contributed by atoms with E-state index in [1.807, 2.05) is 0 Å². The zero-order valence-electron chi connectivity index (χ0n) is 20.6. The van der Waals surface area contributed by atoms with E-state index in [0.717, 1.165) is 12.8 Å². The summed E-state index contributed by atoms with van der Waals surface area (Å²) in [5.74, 6) is -6.53. The number of Topliss-reactive ketones (excluding diaryl/α,β-unsaturated/α-hetero) is 2. The van der Waals surface area contributed by atoms with Crippen LogP contribution in [0.25, 0.3) is 0 Å². The molecule has 0 radical (unpaired) electrons. The van der Waals surface area contributed by atoms with Crippen LogP contribution in [0.3, 0.4) is 0 Å². The molecule has 0 unspecified atom stereocenters. The number of ketones is 2. The first-order chi connectivity index (χ1) is 16.3. The number of nitrogens with two attached hydrogens (primary N) is 1. The minimum atomic E-state index is -2.63. The topological polar surface area (TPSA) is 185 Å². The fourth-order valence-electron chi connectivity index (χ4n) is 5.65. The average Bonchev–Trinajstić information content (AvgIpc) is 2.77. The molecule has 4 rings (SSSR count). The molecule has 0 aliphatic heterocycles. The van der Waals surface area contributed by atoms with Gasteiger partial charge in [0.15, 0.2) is 11.4 Å². The lowest BCUT2D eigenvalue weighted by Gasteiger charge is -2.50. The number of primary amides is 1. The monoisotopic (exact) mass is 525 g/mol. The Morgan fingerprint density at radius 1 is 1.08 bits per heavy atom. The van der Waals surface area contributed by atoms with Gasteiger partial charge in [0, 0.05) is 38.4 Å². The van der Waals surface area contributed by atoms with E-state index in [1.165, 1.54) is 11.0 Å². The lowest BCUT2D eigenvalue weighted by Crippen LogP contribution is -2.63. The molecule has 1 aromatic rings. The molecular formula is C24H32ClN3O8. The Kier molecular flexibility index (Phi) is 8.16. The number of phenolic OH excluding ortho intramolecular Hbond substituents is 1. The fraction of sp³-hybridized carbons (Fsp3) is 0.458. The first-order valence-electron chi connectivity index (χ1n) is 11.0. The second-order valence-electron chi connectivity index (χ2n) is 9.31. The third-order valence-corrected chi connectivity index (χ3v) is 7.06. The van der Waals surface area contributed by atoms with E-state index in [9.17, 15) is 34.8 Å². The first-order valence-corrected chi connectivity index (χ1v) is 11.0. The number of fused-ring (bicyclic) bond motifs is 3. The normalized spacial score (nSPS) is 26.8. The van der Waals surface area contributed by atoms with Crippen LogP contribution in [0.1, 0.15) is 22.3 Å². The van der Waals surface area contributed by atoms with E-state index < -0.39 is 58.0 Å². The second-order valence-corrected chi connectivity index (χ2v) is 9.31. The number of aliphatic hydroxyl groups excluding tert-OH is 3. The summed E-state index contributed by atoms with van der Waals surface area (Å²) < 4.78 is 0. The quantitative estimate of drug-likeness (QED) is 0.298. The molecule has 0 aromatic heterocycles. The molecule has 3 aliphatic carbocycles. The van der Waals surface area contributed by atoms with Gasteiger partial charge in [0.1, 0.15) is 22.8 Å². The molecule has 0 saturated heterocycles. The van der Waals surface area contributed by atoms with Gasteiger partial charge < -0.3 is 36.2 Å². The van der Waals surface area contributed by atoms with Crippen molar-refractivity contribution in [3.63, 3.8) is 0 Å². The third-order valence-electron chi connectivity index (χ3n) is 7.06. The van der Waals surface area contributed by atoms with Crippen molar-refractivity contribution in [3.8, 4) is 5.75 Å². The number of likely N-dealkylation sites (N-methyl/N-ethyl adjacent to an activating group) is 1. The van der Waals surface area contributed by atoms with Crippen molar-refractivity contribution >= 4 is 35.6 Å². The van der Waals surface area contributed by atoms with Gasteiger partial charge in [-0.25, -0.2) is 0 Å². The van der Waals surface area contributed by atoms with E-state index >= 15 is 0 Å². The third kappa shape index (κ3) is 3.92. The highest BCUT2D eigenvalue weighted by atomic mass is 35.5. The summed E-state index contributed by atoms with van der Waals surface area (Å²) in [5.41, 5.74) is 3.02. The van der Waals surface area contributed by atoms with Crippen LogP contribution in [0.4, 0.5) is 5.69 Å². The van der Waals surface area contributed by atoms with Gasteiger partial charge in [-0.1, -0.05) is 0 Å². The van der Waals surface area contributed by atoms with Gasteiger partial charge in [-0.15, -0.1) is 12.4 Å². The van der Waals surface area contributed by atoms with Crippen LogP contribution in [0, 0.1) is 11.8 Å². The Balaban J connectivity index is 0.00000148. The molecule has 0 fully saturated rings. The molecule has 7 N–H and O–H groups in total. The van der Waals surface area contributed by atoms with Crippen molar-refractivity contribution in [2.75, 3.05) is 40.2 Å². The minimum absolute atomic E-state index is 0. The molecule has 11 nitrogen and oxygen atoms in total. The van der Waals surface area contributed by atoms with Gasteiger partial charge in [0.2, 0.25) is 5.78 Å². The van der Waals surface area contributed by atoms with E-state index in [1.54, 1.807) is 39.2 Å². The highest BCUT2D eigenvalue weighted by Crippen LogP contribution is 2.52. The number of hydrogen-bond acceptors (Lipinski definition) is 10. The standard InChI is InChI=1S/C23H27N3O7.CH4O.ClH/c1-25(2)12-5-6-13(27)15-10(12)7-9-8-11-17(26(3)4)19(29)16(22(24)32)21(31)23(11,33)20(30)14(9)18(15)28;1-2;/h5-6,9,11,17,27,29-30,33H,7-8H2,1-4H3,(H2,24,32);2H,1H3;1H/t9-,11-,17-,23-;;/m0../s1. The molecule has 0 heterocycles. The van der Waals surface area contributed by atoms with Gasteiger partial charge in [-0.3, -0.25) is 19.3 Å². The van der Waals surface area contributed by atoms with Crippen molar-refractivity contribution < 1.29 is 39.9 Å². The maximum Gasteiger partial charge on any atom is 0.255 e. The molecule has 0 spiro atoms. The predicted molar refractivity (Wildman–Crippen MR) is 133 cm³/mol. The predicted octanol–water partition coefficient (Wildman–Crippen LogP) is 0.217. The smallest absolute Gasteiger partial charge is 0.255 e. The van der Waals surface area contributed by atoms with E-state index in [2.05, 4.69) is 0 Å². The number of aromatic hydroxyl groups is 1. The molecule has 198 valence electrons. The van der Waals surface area contributed by atoms with Gasteiger partial charge >= 0.3 is 0 Å². The largest absolute Gasteiger partial charge is 0.510 e. The van der Waals surface area contributed by atoms with E-state index in [0.29, 0.717) is 5.56 Å². The summed E-state index contributed by atoms with van der Waals surface area (Å²) >= 11 is 0. The number of hydrogen-bond donors (Lipinski definition) is 6. The molecule has 0 bridgehead atoms. The molecule has 1 aromatic carbocycles. The number of carbonyl (C=O) groups excluding carboxylic acids is 3. The van der Waals surface area contributed by atoms with Crippen molar-refractivity contribution in [2.45, 2.75) is 24.5 Å². The number of halogens is 1. The molecular weight excluding hydrogens is 494 g/mol. The number of phenols is 1. The summed E-state index contributed by atoms with van der Waals surface area (Å²) in [4.78, 5) is 42.0. The number of benzene rings is 1. The highest BCUT2D eigenvalue weighted by Gasteiger charge is 2.63. The highest BCUT2D eigenvalue weighted by molar-refractivity contribution is 6.24. The lowest BCUT2D eigenvalue weighted by molar-refractivity contribution is -0.148. The Hall–Kier alpha value is -3.12. The number of rotatable bonds is 3. The van der Waals surface area contributed by atoms with Crippen molar-refractivity contribution in [1.82, 2.24) is 4.90 Å². The zero-order valence-corrected chi connectivity index (χ0v) is 21.5. The summed E-state index contributed by atoms with van der Waals surface area (Å²) in [7, 11) is 7.79. The molecule has 0 saturated carbocycles. The van der Waals surface area contributed by atoms with Crippen LogP contribution >= 0.6 is 12.4 Å². The van der Waals surface area contributed by atoms with Crippen LogP contribution in [-0.4, -0.2) is 94.8 Å². The number of carbonyl (C=O) groups is 3. The molecule has 4 atom stereocenters. The molecule has 36 heavy (non-hydrogen) atoms. The van der Waals surface area contributed by atoms with Gasteiger partial charge in [-0.05, 0) is 50.6 Å². The van der Waals surface area contributed by atoms with Crippen LogP contribution in [0.15, 0.2) is 34.8 Å². The second kappa shape index (κ2) is 10.1. The van der Waals surface area contributed by atoms with Crippen LogP contribution < -0.4 is 10.6 Å². The summed E-state index contributed by atoms with van der Waals surface area (Å²) in [6.45, 7) is 0. The van der Waals surface area contributed by atoms with Crippen molar-refractivity contribution in [3.05, 3.63) is 45.9 Å². The van der Waals surface area contributed by atoms with Gasteiger partial charge in [0.25, 0.3) is 5.91 Å². The fourth-order valence-corrected chi connectivity index (χ4v) is 5.65. The van der Waals surface area contributed by atoms with Crippen molar-refractivity contribution in [1.29, 1.82) is 0 Å². The Labute approximate surface area is 214 Å². The Bertz CT molecular complexity index is 1180. The molecule has 3 aliphatic rings. The molecule has 1 amide bonds.